The fraction of sp³-hybridized carbons (Fsp3) is 0.125. The molecule has 0 saturated carbocycles. The number of nitrogens with zero attached hydrogens (tertiary/aromatic N) is 1. The summed E-state index contributed by atoms with van der Waals surface area (Å²) in [6, 6.07) is 12.8. The van der Waals surface area contributed by atoms with E-state index in [1.54, 1.807) is 43.3 Å². The Bertz CT molecular complexity index is 649. The van der Waals surface area contributed by atoms with Crippen LogP contribution in [0.2, 0.25) is 0 Å². The van der Waals surface area contributed by atoms with Gasteiger partial charge in [-0.25, -0.2) is 4.39 Å². The molecule has 2 N–H and O–H groups in total. The molecule has 0 aliphatic carbocycles. The molecule has 2 rings (SSSR count). The van der Waals surface area contributed by atoms with Gasteiger partial charge in [-0.1, -0.05) is 29.4 Å². The molecule has 0 radical (unpaired) electrons. The maximum absolute atomic E-state index is 12.8. The first-order chi connectivity index (χ1) is 10.1. The maximum atomic E-state index is 12.8. The lowest BCUT2D eigenvalue weighted by Crippen LogP contribution is -2.14. The summed E-state index contributed by atoms with van der Waals surface area (Å²) in [4.78, 5) is 11.9. The molecular weight excluding hydrogens is 271 g/mol. The van der Waals surface area contributed by atoms with Crippen molar-refractivity contribution < 1.29 is 14.4 Å². The molecule has 4 nitrogen and oxygen atoms in total. The van der Waals surface area contributed by atoms with E-state index in [0.29, 0.717) is 11.4 Å². The van der Waals surface area contributed by atoms with Crippen molar-refractivity contribution in [3.05, 3.63) is 65.5 Å². The number of oxime groups is 1. The first kappa shape index (κ1) is 14.7. The second kappa shape index (κ2) is 6.65. The number of halogens is 1. The number of carbonyl (C=O) groups is 1. The van der Waals surface area contributed by atoms with Crippen molar-refractivity contribution >= 4 is 17.3 Å². The molecule has 2 aromatic rings. The van der Waals surface area contributed by atoms with Crippen molar-refractivity contribution in [3.8, 4) is 0 Å². The summed E-state index contributed by atoms with van der Waals surface area (Å²) in [5.41, 5.74) is 2.67. The summed E-state index contributed by atoms with van der Waals surface area (Å²) in [7, 11) is 0. The van der Waals surface area contributed by atoms with Crippen molar-refractivity contribution in [2.45, 2.75) is 13.3 Å². The minimum absolute atomic E-state index is 0.179. The Morgan fingerprint density at radius 2 is 1.76 bits per heavy atom. The zero-order valence-corrected chi connectivity index (χ0v) is 11.5. The van der Waals surface area contributed by atoms with E-state index in [4.69, 9.17) is 5.21 Å². The quantitative estimate of drug-likeness (QED) is 0.515. The Morgan fingerprint density at radius 1 is 1.14 bits per heavy atom. The van der Waals surface area contributed by atoms with Crippen LogP contribution >= 0.6 is 0 Å². The topological polar surface area (TPSA) is 61.7 Å². The van der Waals surface area contributed by atoms with E-state index in [0.717, 1.165) is 11.1 Å². The number of hydrogen-bond acceptors (Lipinski definition) is 3. The lowest BCUT2D eigenvalue weighted by Gasteiger charge is -2.06. The van der Waals surface area contributed by atoms with E-state index in [2.05, 4.69) is 10.5 Å². The van der Waals surface area contributed by atoms with Crippen LogP contribution in [0.3, 0.4) is 0 Å². The first-order valence-corrected chi connectivity index (χ1v) is 6.42. The third-order valence-electron chi connectivity index (χ3n) is 3.01. The van der Waals surface area contributed by atoms with E-state index in [9.17, 15) is 9.18 Å². The second-order valence-electron chi connectivity index (χ2n) is 4.61. The molecule has 0 aromatic heterocycles. The molecule has 0 heterocycles. The van der Waals surface area contributed by atoms with Gasteiger partial charge in [0.2, 0.25) is 5.91 Å². The highest BCUT2D eigenvalue weighted by atomic mass is 19.1. The summed E-state index contributed by atoms with van der Waals surface area (Å²) >= 11 is 0. The Hall–Kier alpha value is -2.69. The van der Waals surface area contributed by atoms with Crippen LogP contribution in [-0.2, 0) is 11.2 Å². The summed E-state index contributed by atoms with van der Waals surface area (Å²) in [6.45, 7) is 1.68. The van der Waals surface area contributed by atoms with E-state index in [-0.39, 0.29) is 18.1 Å². The fourth-order valence-corrected chi connectivity index (χ4v) is 1.85. The Labute approximate surface area is 121 Å². The Balaban J connectivity index is 1.98. The van der Waals surface area contributed by atoms with Gasteiger partial charge in [-0.2, -0.15) is 0 Å². The molecule has 21 heavy (non-hydrogen) atoms. The summed E-state index contributed by atoms with van der Waals surface area (Å²) in [5.74, 6) is -0.502. The fourth-order valence-electron chi connectivity index (χ4n) is 1.85. The molecule has 0 aliphatic rings. The molecule has 1 amide bonds. The molecule has 0 saturated heterocycles. The molecule has 2 aromatic carbocycles. The van der Waals surface area contributed by atoms with E-state index in [1.807, 2.05) is 0 Å². The van der Waals surface area contributed by atoms with Gasteiger partial charge >= 0.3 is 0 Å². The largest absolute Gasteiger partial charge is 0.411 e. The van der Waals surface area contributed by atoms with Gasteiger partial charge in [-0.15, -0.1) is 0 Å². The second-order valence-corrected chi connectivity index (χ2v) is 4.61. The number of amides is 1. The van der Waals surface area contributed by atoms with Crippen LogP contribution in [-0.4, -0.2) is 16.8 Å². The molecule has 0 unspecified atom stereocenters. The summed E-state index contributed by atoms with van der Waals surface area (Å²) in [5, 5.41) is 14.5. The van der Waals surface area contributed by atoms with E-state index >= 15 is 0 Å². The predicted molar refractivity (Wildman–Crippen MR) is 79.2 cm³/mol. The first-order valence-electron chi connectivity index (χ1n) is 6.42. The van der Waals surface area contributed by atoms with Crippen molar-refractivity contribution in [1.29, 1.82) is 0 Å². The molecule has 108 valence electrons. The van der Waals surface area contributed by atoms with Gasteiger partial charge < -0.3 is 10.5 Å². The van der Waals surface area contributed by atoms with Gasteiger partial charge in [0.05, 0.1) is 12.1 Å². The zero-order chi connectivity index (χ0) is 15.2. The average Bonchev–Trinajstić information content (AvgIpc) is 2.49. The van der Waals surface area contributed by atoms with Gasteiger partial charge in [0, 0.05) is 5.69 Å². The van der Waals surface area contributed by atoms with Gasteiger partial charge in [0.25, 0.3) is 0 Å². The smallest absolute Gasteiger partial charge is 0.228 e. The molecule has 0 fully saturated rings. The predicted octanol–water partition coefficient (Wildman–Crippen LogP) is 3.21. The Kier molecular flexibility index (Phi) is 4.66. The van der Waals surface area contributed by atoms with Crippen molar-refractivity contribution in [3.63, 3.8) is 0 Å². The lowest BCUT2D eigenvalue weighted by molar-refractivity contribution is -0.115. The number of carbonyl (C=O) groups excluding carboxylic acids is 1. The van der Waals surface area contributed by atoms with E-state index in [1.165, 1.54) is 12.1 Å². The molecule has 0 aliphatic heterocycles. The molecule has 5 heteroatoms. The minimum atomic E-state index is -0.323. The highest BCUT2D eigenvalue weighted by molar-refractivity contribution is 5.99. The van der Waals surface area contributed by atoms with Crippen molar-refractivity contribution in [2.75, 3.05) is 5.32 Å². The van der Waals surface area contributed by atoms with Crippen LogP contribution in [0.1, 0.15) is 18.1 Å². The lowest BCUT2D eigenvalue weighted by atomic mass is 10.1. The summed E-state index contributed by atoms with van der Waals surface area (Å²) in [6.07, 6.45) is 0.180. The van der Waals surface area contributed by atoms with E-state index < -0.39 is 0 Å². The van der Waals surface area contributed by atoms with Crippen LogP contribution in [0, 0.1) is 5.82 Å². The van der Waals surface area contributed by atoms with Crippen LogP contribution in [0.15, 0.2) is 53.7 Å². The van der Waals surface area contributed by atoms with Gasteiger partial charge in [-0.3, -0.25) is 4.79 Å². The number of benzene rings is 2. The van der Waals surface area contributed by atoms with Crippen molar-refractivity contribution in [1.82, 2.24) is 0 Å². The van der Waals surface area contributed by atoms with Crippen LogP contribution < -0.4 is 5.32 Å². The number of anilines is 1. The number of nitrogens with one attached hydrogen (secondary N) is 1. The minimum Gasteiger partial charge on any atom is -0.411 e. The molecule has 0 bridgehead atoms. The average molecular weight is 286 g/mol. The van der Waals surface area contributed by atoms with Gasteiger partial charge in [0.1, 0.15) is 5.82 Å². The number of rotatable bonds is 4. The van der Waals surface area contributed by atoms with Gasteiger partial charge in [0.15, 0.2) is 0 Å². The van der Waals surface area contributed by atoms with Crippen molar-refractivity contribution in [2.24, 2.45) is 5.16 Å². The summed E-state index contributed by atoms with van der Waals surface area (Å²) < 4.78 is 12.8. The zero-order valence-electron chi connectivity index (χ0n) is 11.5. The molecule has 0 spiro atoms. The highest BCUT2D eigenvalue weighted by Crippen LogP contribution is 2.11. The van der Waals surface area contributed by atoms with Crippen LogP contribution in [0.5, 0.6) is 0 Å². The monoisotopic (exact) mass is 286 g/mol. The molecule has 0 atom stereocenters. The van der Waals surface area contributed by atoms with Crippen LogP contribution in [0.4, 0.5) is 10.1 Å². The number of hydrogen-bond donors (Lipinski definition) is 2. The normalized spacial score (nSPS) is 11.2. The standard InChI is InChI=1S/C16H15FN2O2/c1-11(19-21)13-4-8-15(9-5-13)18-16(20)10-12-2-6-14(17)7-3-12/h2-9,21H,10H2,1H3,(H,18,20)/b19-11+. The SMILES string of the molecule is C/C(=N\O)c1ccc(NC(=O)Cc2ccc(F)cc2)cc1. The Morgan fingerprint density at radius 3 is 2.33 bits per heavy atom. The third kappa shape index (κ3) is 4.14. The maximum Gasteiger partial charge on any atom is 0.228 e. The van der Waals surface area contributed by atoms with Crippen LogP contribution in [0.25, 0.3) is 0 Å². The molecular formula is C16H15FN2O2. The van der Waals surface area contributed by atoms with Gasteiger partial charge in [-0.05, 0) is 42.3 Å². The highest BCUT2D eigenvalue weighted by Gasteiger charge is 2.05. The third-order valence-corrected chi connectivity index (χ3v) is 3.01.